The first kappa shape index (κ1) is 20.4. The van der Waals surface area contributed by atoms with E-state index in [-0.39, 0.29) is 37.4 Å². The molecule has 0 unspecified atom stereocenters. The highest BCUT2D eigenvalue weighted by Gasteiger charge is 2.23. The minimum atomic E-state index is -0.949. The third-order valence-electron chi connectivity index (χ3n) is 4.45. The normalized spacial score (nSPS) is 16.8. The van der Waals surface area contributed by atoms with Gasteiger partial charge in [-0.25, -0.2) is 4.79 Å². The first-order valence-electron chi connectivity index (χ1n) is 9.23. The lowest BCUT2D eigenvalue weighted by Gasteiger charge is -2.14. The lowest BCUT2D eigenvalue weighted by Crippen LogP contribution is -2.31. The van der Waals surface area contributed by atoms with Crippen molar-refractivity contribution in [3.8, 4) is 0 Å². The Morgan fingerprint density at radius 2 is 1.79 bits per heavy atom. The molecule has 11 heteroatoms. The van der Waals surface area contributed by atoms with Crippen molar-refractivity contribution in [3.63, 3.8) is 0 Å². The van der Waals surface area contributed by atoms with Gasteiger partial charge >= 0.3 is 5.97 Å². The van der Waals surface area contributed by atoms with Crippen LogP contribution in [-0.2, 0) is 24.0 Å². The fourth-order valence-electron chi connectivity index (χ4n) is 2.84. The van der Waals surface area contributed by atoms with Crippen molar-refractivity contribution in [1.29, 1.82) is 0 Å². The molecule has 0 saturated carbocycles. The summed E-state index contributed by atoms with van der Waals surface area (Å²) in [4.78, 5) is 52.6. The number of hydrogen-bond acceptors (Lipinski definition) is 10. The molecule has 1 aromatic rings. The minimum absolute atomic E-state index is 0.0278. The van der Waals surface area contributed by atoms with Gasteiger partial charge in [0, 0.05) is 50.0 Å². The van der Waals surface area contributed by atoms with Gasteiger partial charge in [-0.05, 0) is 12.8 Å². The molecule has 3 rings (SSSR count). The zero-order chi connectivity index (χ0) is 20.6. The van der Waals surface area contributed by atoms with E-state index in [1.807, 2.05) is 0 Å². The molecule has 0 atom stereocenters. The molecule has 1 aliphatic carbocycles. The van der Waals surface area contributed by atoms with Crippen LogP contribution in [-0.4, -0.2) is 68.5 Å². The third-order valence-corrected chi connectivity index (χ3v) is 4.45. The van der Waals surface area contributed by atoms with E-state index in [1.165, 1.54) is 11.4 Å². The van der Waals surface area contributed by atoms with Crippen molar-refractivity contribution >= 4 is 29.0 Å². The zero-order valence-corrected chi connectivity index (χ0v) is 15.7. The SMILES string of the molecule is O=C(CCC(=O)C(=O)ON1CCCC1)NCC1=CC=C(c2nncnn2)CC1=O. The predicted octanol–water partition coefficient (Wildman–Crippen LogP) is -0.431. The maximum Gasteiger partial charge on any atom is 0.393 e. The lowest BCUT2D eigenvalue weighted by molar-refractivity contribution is -0.187. The molecule has 0 bridgehead atoms. The first-order valence-corrected chi connectivity index (χ1v) is 9.23. The summed E-state index contributed by atoms with van der Waals surface area (Å²) in [7, 11) is 0. The van der Waals surface area contributed by atoms with Crippen molar-refractivity contribution in [1.82, 2.24) is 30.8 Å². The number of allylic oxidation sites excluding steroid dienone is 3. The number of Topliss-reactive ketones (excluding diaryl/α,β-unsaturated/α-hetero) is 2. The summed E-state index contributed by atoms with van der Waals surface area (Å²) in [5.74, 6) is -2.04. The number of nitrogens with one attached hydrogen (secondary N) is 1. The summed E-state index contributed by atoms with van der Waals surface area (Å²) in [5.41, 5.74) is 1.01. The van der Waals surface area contributed by atoms with Crippen LogP contribution in [0.5, 0.6) is 0 Å². The molecule has 29 heavy (non-hydrogen) atoms. The van der Waals surface area contributed by atoms with Gasteiger partial charge in [-0.15, -0.1) is 25.5 Å². The number of hydrogen-bond donors (Lipinski definition) is 1. The smallest absolute Gasteiger partial charge is 0.362 e. The van der Waals surface area contributed by atoms with Gasteiger partial charge in [-0.3, -0.25) is 14.4 Å². The summed E-state index contributed by atoms with van der Waals surface area (Å²) in [6, 6.07) is 0. The average Bonchev–Trinajstić information content (AvgIpc) is 3.24. The zero-order valence-electron chi connectivity index (χ0n) is 15.7. The molecule has 11 nitrogen and oxygen atoms in total. The van der Waals surface area contributed by atoms with Crippen LogP contribution in [0.25, 0.3) is 5.57 Å². The van der Waals surface area contributed by atoms with Gasteiger partial charge in [0.05, 0.1) is 0 Å². The maximum absolute atomic E-state index is 12.2. The standard InChI is InChI=1S/C18H20N6O5/c25-14(18(28)29-24-7-1-2-8-24)5-6-16(27)19-10-13-4-3-12(9-15(13)26)17-22-20-11-21-23-17/h3-4,11H,1-2,5-10H2,(H,19,27). The van der Waals surface area contributed by atoms with E-state index in [9.17, 15) is 19.2 Å². The van der Waals surface area contributed by atoms with Crippen molar-refractivity contribution in [2.45, 2.75) is 32.1 Å². The first-order chi connectivity index (χ1) is 14.0. The summed E-state index contributed by atoms with van der Waals surface area (Å²) in [6.07, 6.45) is 5.96. The Morgan fingerprint density at radius 3 is 2.48 bits per heavy atom. The van der Waals surface area contributed by atoms with Gasteiger partial charge in [0.25, 0.3) is 0 Å². The molecule has 1 aliphatic heterocycles. The number of carbonyl (C=O) groups is 4. The van der Waals surface area contributed by atoms with E-state index in [1.54, 1.807) is 12.2 Å². The molecule has 1 amide bonds. The molecule has 1 saturated heterocycles. The number of hydroxylamine groups is 2. The van der Waals surface area contributed by atoms with Gasteiger partial charge in [-0.2, -0.15) is 0 Å². The second kappa shape index (κ2) is 9.73. The summed E-state index contributed by atoms with van der Waals surface area (Å²) in [5, 5.41) is 18.9. The average molecular weight is 400 g/mol. The highest BCUT2D eigenvalue weighted by atomic mass is 16.7. The quantitative estimate of drug-likeness (QED) is 0.571. The third kappa shape index (κ3) is 5.82. The monoisotopic (exact) mass is 400 g/mol. The summed E-state index contributed by atoms with van der Waals surface area (Å²) in [6.45, 7) is 1.25. The van der Waals surface area contributed by atoms with Crippen LogP contribution in [0.15, 0.2) is 24.1 Å². The fraction of sp³-hybridized carbons (Fsp3) is 0.444. The fourth-order valence-corrected chi connectivity index (χ4v) is 2.84. The topological polar surface area (TPSA) is 144 Å². The van der Waals surface area contributed by atoms with Gasteiger partial charge < -0.3 is 10.2 Å². The molecule has 152 valence electrons. The molecule has 0 radical (unpaired) electrons. The van der Waals surface area contributed by atoms with Crippen LogP contribution in [0.1, 0.15) is 37.9 Å². The van der Waals surface area contributed by atoms with E-state index in [2.05, 4.69) is 25.7 Å². The van der Waals surface area contributed by atoms with E-state index >= 15 is 0 Å². The lowest BCUT2D eigenvalue weighted by atomic mass is 9.96. The van der Waals surface area contributed by atoms with Gasteiger partial charge in [-0.1, -0.05) is 12.2 Å². The molecule has 0 spiro atoms. The Bertz CT molecular complexity index is 861. The van der Waals surface area contributed by atoms with Crippen LogP contribution >= 0.6 is 0 Å². The van der Waals surface area contributed by atoms with Crippen molar-refractivity contribution in [2.24, 2.45) is 0 Å². The Labute approximate surface area is 166 Å². The van der Waals surface area contributed by atoms with Crippen molar-refractivity contribution < 1.29 is 24.0 Å². The van der Waals surface area contributed by atoms with Crippen molar-refractivity contribution in [2.75, 3.05) is 19.6 Å². The number of rotatable bonds is 8. The van der Waals surface area contributed by atoms with Gasteiger partial charge in [0.15, 0.2) is 17.9 Å². The Hall–Kier alpha value is -3.34. The second-order valence-corrected chi connectivity index (χ2v) is 6.57. The highest BCUT2D eigenvalue weighted by Crippen LogP contribution is 2.20. The van der Waals surface area contributed by atoms with E-state index < -0.39 is 17.7 Å². The van der Waals surface area contributed by atoms with Crippen molar-refractivity contribution in [3.05, 3.63) is 29.9 Å². The van der Waals surface area contributed by atoms with E-state index in [4.69, 9.17) is 4.84 Å². The number of aromatic nitrogens is 4. The second-order valence-electron chi connectivity index (χ2n) is 6.57. The van der Waals surface area contributed by atoms with E-state index in [0.29, 0.717) is 24.2 Å². The minimum Gasteiger partial charge on any atom is -0.362 e. The van der Waals surface area contributed by atoms with Crippen LogP contribution in [0.3, 0.4) is 0 Å². The molecule has 1 N–H and O–H groups in total. The summed E-state index contributed by atoms with van der Waals surface area (Å²) >= 11 is 0. The predicted molar refractivity (Wildman–Crippen MR) is 97.5 cm³/mol. The van der Waals surface area contributed by atoms with E-state index in [0.717, 1.165) is 12.8 Å². The number of nitrogens with zero attached hydrogens (tertiary/aromatic N) is 5. The number of ketones is 2. The van der Waals surface area contributed by atoms with Gasteiger partial charge in [0.1, 0.15) is 0 Å². The van der Waals surface area contributed by atoms with Crippen LogP contribution in [0.2, 0.25) is 0 Å². The van der Waals surface area contributed by atoms with Crippen LogP contribution in [0.4, 0.5) is 0 Å². The summed E-state index contributed by atoms with van der Waals surface area (Å²) < 4.78 is 0. The molecular weight excluding hydrogens is 380 g/mol. The Morgan fingerprint density at radius 1 is 1.07 bits per heavy atom. The number of amides is 1. The molecular formula is C18H20N6O5. The Kier molecular flexibility index (Phi) is 6.85. The maximum atomic E-state index is 12.2. The molecule has 1 fully saturated rings. The molecule has 1 aromatic heterocycles. The molecule has 2 heterocycles. The molecule has 2 aliphatic rings. The van der Waals surface area contributed by atoms with Crippen LogP contribution < -0.4 is 5.32 Å². The van der Waals surface area contributed by atoms with Crippen LogP contribution in [0, 0.1) is 0 Å². The molecule has 0 aromatic carbocycles. The Balaban J connectivity index is 1.42. The largest absolute Gasteiger partial charge is 0.393 e. The van der Waals surface area contributed by atoms with Gasteiger partial charge in [0.2, 0.25) is 11.7 Å². The highest BCUT2D eigenvalue weighted by molar-refractivity contribution is 6.33. The number of carbonyl (C=O) groups excluding carboxylic acids is 4.